The van der Waals surface area contributed by atoms with Crippen LogP contribution in [0.4, 0.5) is 10.1 Å². The maximum Gasteiger partial charge on any atom is 0.265 e. The second-order valence-electron chi connectivity index (χ2n) is 5.15. The molecule has 0 spiro atoms. The van der Waals surface area contributed by atoms with E-state index < -0.39 is 24.2 Å². The van der Waals surface area contributed by atoms with Gasteiger partial charge in [-0.2, -0.15) is 0 Å². The quantitative estimate of drug-likeness (QED) is 0.794. The van der Waals surface area contributed by atoms with Gasteiger partial charge in [-0.05, 0) is 24.3 Å². The third-order valence-electron chi connectivity index (χ3n) is 3.45. The molecule has 25 heavy (non-hydrogen) atoms. The second kappa shape index (κ2) is 8.68. The van der Waals surface area contributed by atoms with Gasteiger partial charge in [-0.1, -0.05) is 24.3 Å². The molecule has 0 atom stereocenters. The summed E-state index contributed by atoms with van der Waals surface area (Å²) in [6, 6.07) is 12.7. The number of nitrogens with zero attached hydrogens (tertiary/aromatic N) is 1. The van der Waals surface area contributed by atoms with E-state index in [1.54, 1.807) is 30.3 Å². The standard InChI is InChI=1S/C18H19FN2O4/c1-24-16-9-5-3-7-14(16)21(11-10-17(20)22)18(23)12-25-15-8-4-2-6-13(15)19/h2-9H,10-12H2,1H3,(H2,20,22). The van der Waals surface area contributed by atoms with Crippen molar-refractivity contribution >= 4 is 17.5 Å². The van der Waals surface area contributed by atoms with Gasteiger partial charge in [0.2, 0.25) is 5.91 Å². The van der Waals surface area contributed by atoms with Gasteiger partial charge in [0.15, 0.2) is 18.2 Å². The Balaban J connectivity index is 2.18. The van der Waals surface area contributed by atoms with Crippen LogP contribution in [0.15, 0.2) is 48.5 Å². The highest BCUT2D eigenvalue weighted by molar-refractivity contribution is 5.96. The fourth-order valence-corrected chi connectivity index (χ4v) is 2.23. The number of methoxy groups -OCH3 is 1. The molecule has 0 heterocycles. The highest BCUT2D eigenvalue weighted by atomic mass is 19.1. The first-order valence-corrected chi connectivity index (χ1v) is 7.62. The number of carbonyl (C=O) groups is 2. The Morgan fingerprint density at radius 1 is 1.08 bits per heavy atom. The summed E-state index contributed by atoms with van der Waals surface area (Å²) in [6.45, 7) is -0.326. The number of ether oxygens (including phenoxy) is 2. The molecular formula is C18H19FN2O4. The molecular weight excluding hydrogens is 327 g/mol. The second-order valence-corrected chi connectivity index (χ2v) is 5.15. The van der Waals surface area contributed by atoms with E-state index in [0.29, 0.717) is 11.4 Å². The summed E-state index contributed by atoms with van der Waals surface area (Å²) >= 11 is 0. The first kappa shape index (κ1) is 18.3. The zero-order valence-corrected chi connectivity index (χ0v) is 13.8. The molecule has 0 unspecified atom stereocenters. The van der Waals surface area contributed by atoms with Gasteiger partial charge in [0.05, 0.1) is 12.8 Å². The Labute approximate surface area is 144 Å². The minimum absolute atomic E-state index is 0.0225. The molecule has 2 aromatic carbocycles. The predicted molar refractivity (Wildman–Crippen MR) is 91.1 cm³/mol. The predicted octanol–water partition coefficient (Wildman–Crippen LogP) is 2.12. The van der Waals surface area contributed by atoms with Crippen LogP contribution in [0.2, 0.25) is 0 Å². The van der Waals surface area contributed by atoms with Gasteiger partial charge in [-0.15, -0.1) is 0 Å². The fourth-order valence-electron chi connectivity index (χ4n) is 2.23. The number of para-hydroxylation sites is 3. The normalized spacial score (nSPS) is 10.2. The summed E-state index contributed by atoms with van der Waals surface area (Å²) < 4.78 is 24.1. The Hall–Kier alpha value is -3.09. The van der Waals surface area contributed by atoms with Crippen molar-refractivity contribution in [2.45, 2.75) is 6.42 Å². The third-order valence-corrected chi connectivity index (χ3v) is 3.45. The summed E-state index contributed by atoms with van der Waals surface area (Å²) in [4.78, 5) is 25.0. The van der Waals surface area contributed by atoms with Crippen molar-refractivity contribution in [3.05, 3.63) is 54.3 Å². The number of hydrogen-bond acceptors (Lipinski definition) is 4. The van der Waals surface area contributed by atoms with E-state index in [1.807, 2.05) is 0 Å². The minimum Gasteiger partial charge on any atom is -0.495 e. The largest absolute Gasteiger partial charge is 0.495 e. The number of carbonyl (C=O) groups excluding carboxylic acids is 2. The van der Waals surface area contributed by atoms with Crippen molar-refractivity contribution in [3.63, 3.8) is 0 Å². The number of primary amides is 1. The minimum atomic E-state index is -0.559. The van der Waals surface area contributed by atoms with Gasteiger partial charge in [-0.3, -0.25) is 9.59 Å². The van der Waals surface area contributed by atoms with Crippen molar-refractivity contribution < 1.29 is 23.5 Å². The van der Waals surface area contributed by atoms with E-state index in [-0.39, 0.29) is 18.7 Å². The number of rotatable bonds is 8. The highest BCUT2D eigenvalue weighted by Gasteiger charge is 2.20. The lowest BCUT2D eigenvalue weighted by Crippen LogP contribution is -2.37. The molecule has 7 heteroatoms. The molecule has 6 nitrogen and oxygen atoms in total. The Morgan fingerprint density at radius 2 is 1.72 bits per heavy atom. The van der Waals surface area contributed by atoms with E-state index in [4.69, 9.17) is 15.2 Å². The summed E-state index contributed by atoms with van der Waals surface area (Å²) in [6.07, 6.45) is -0.0243. The molecule has 0 fully saturated rings. The zero-order chi connectivity index (χ0) is 18.2. The molecule has 0 aliphatic rings. The van der Waals surface area contributed by atoms with Gasteiger partial charge in [0.1, 0.15) is 5.75 Å². The van der Waals surface area contributed by atoms with E-state index >= 15 is 0 Å². The average molecular weight is 346 g/mol. The number of amides is 2. The van der Waals surface area contributed by atoms with Gasteiger partial charge in [-0.25, -0.2) is 4.39 Å². The van der Waals surface area contributed by atoms with Crippen LogP contribution in [-0.2, 0) is 9.59 Å². The Bertz CT molecular complexity index is 751. The van der Waals surface area contributed by atoms with Crippen LogP contribution in [0.1, 0.15) is 6.42 Å². The maximum atomic E-state index is 13.6. The fraction of sp³-hybridized carbons (Fsp3) is 0.222. The molecule has 0 aromatic heterocycles. The maximum absolute atomic E-state index is 13.6. The van der Waals surface area contributed by atoms with Crippen molar-refractivity contribution in [2.75, 3.05) is 25.2 Å². The first-order valence-electron chi connectivity index (χ1n) is 7.62. The van der Waals surface area contributed by atoms with Crippen LogP contribution >= 0.6 is 0 Å². The molecule has 0 saturated carbocycles. The number of hydrogen-bond donors (Lipinski definition) is 1. The SMILES string of the molecule is COc1ccccc1N(CCC(N)=O)C(=O)COc1ccccc1F. The summed E-state index contributed by atoms with van der Waals surface area (Å²) in [7, 11) is 1.48. The lowest BCUT2D eigenvalue weighted by Gasteiger charge is -2.24. The van der Waals surface area contributed by atoms with Gasteiger partial charge >= 0.3 is 0 Å². The molecule has 2 rings (SSSR count). The van der Waals surface area contributed by atoms with Crippen molar-refractivity contribution in [3.8, 4) is 11.5 Å². The smallest absolute Gasteiger partial charge is 0.265 e. The molecule has 0 aliphatic heterocycles. The summed E-state index contributed by atoms with van der Waals surface area (Å²) in [5.74, 6) is -1.11. The highest BCUT2D eigenvalue weighted by Crippen LogP contribution is 2.28. The topological polar surface area (TPSA) is 81.9 Å². The number of halogens is 1. The summed E-state index contributed by atoms with van der Waals surface area (Å²) in [5.41, 5.74) is 5.67. The van der Waals surface area contributed by atoms with Crippen LogP contribution in [0.25, 0.3) is 0 Å². The van der Waals surface area contributed by atoms with Crippen LogP contribution in [0.5, 0.6) is 11.5 Å². The molecule has 2 aromatic rings. The van der Waals surface area contributed by atoms with Crippen LogP contribution in [0.3, 0.4) is 0 Å². The van der Waals surface area contributed by atoms with Crippen molar-refractivity contribution in [1.82, 2.24) is 0 Å². The van der Waals surface area contributed by atoms with Crippen LogP contribution in [-0.4, -0.2) is 32.1 Å². The lowest BCUT2D eigenvalue weighted by atomic mass is 10.2. The average Bonchev–Trinajstić information content (AvgIpc) is 2.61. The third kappa shape index (κ3) is 4.94. The molecule has 0 saturated heterocycles. The van der Waals surface area contributed by atoms with Crippen LogP contribution in [0, 0.1) is 5.82 Å². The van der Waals surface area contributed by atoms with Gasteiger partial charge in [0.25, 0.3) is 5.91 Å². The summed E-state index contributed by atoms with van der Waals surface area (Å²) in [5, 5.41) is 0. The van der Waals surface area contributed by atoms with Gasteiger partial charge in [0, 0.05) is 13.0 Å². The Morgan fingerprint density at radius 3 is 2.36 bits per heavy atom. The van der Waals surface area contributed by atoms with E-state index in [0.717, 1.165) is 0 Å². The van der Waals surface area contributed by atoms with E-state index in [9.17, 15) is 14.0 Å². The van der Waals surface area contributed by atoms with E-state index in [2.05, 4.69) is 0 Å². The van der Waals surface area contributed by atoms with Gasteiger partial charge < -0.3 is 20.1 Å². The zero-order valence-electron chi connectivity index (χ0n) is 13.8. The molecule has 132 valence electrons. The van der Waals surface area contributed by atoms with E-state index in [1.165, 1.54) is 30.2 Å². The number of nitrogens with two attached hydrogens (primary N) is 1. The molecule has 2 N–H and O–H groups in total. The van der Waals surface area contributed by atoms with Crippen molar-refractivity contribution in [2.24, 2.45) is 5.73 Å². The number of anilines is 1. The molecule has 0 aliphatic carbocycles. The molecule has 0 bridgehead atoms. The monoisotopic (exact) mass is 346 g/mol. The first-order chi connectivity index (χ1) is 12.0. The number of benzene rings is 2. The van der Waals surface area contributed by atoms with Crippen molar-refractivity contribution in [1.29, 1.82) is 0 Å². The van der Waals surface area contributed by atoms with Crippen LogP contribution < -0.4 is 20.1 Å². The Kier molecular flexibility index (Phi) is 6.33. The lowest BCUT2D eigenvalue weighted by molar-refractivity contribution is -0.120. The molecule has 2 amide bonds. The molecule has 0 radical (unpaired) electrons.